The minimum absolute atomic E-state index is 0. The predicted molar refractivity (Wildman–Crippen MR) is 75.6 cm³/mol. The zero-order valence-corrected chi connectivity index (χ0v) is 12.6. The number of carbonyl (C=O) groups is 1. The first-order chi connectivity index (χ1) is 9.03. The van der Waals surface area contributed by atoms with Crippen molar-refractivity contribution in [2.75, 3.05) is 20.1 Å². The van der Waals surface area contributed by atoms with Crippen molar-refractivity contribution < 1.29 is 17.6 Å². The van der Waals surface area contributed by atoms with Gasteiger partial charge in [0.25, 0.3) is 15.9 Å². The predicted octanol–water partition coefficient (Wildman–Crippen LogP) is 0.0913. The van der Waals surface area contributed by atoms with E-state index in [1.807, 2.05) is 0 Å². The summed E-state index contributed by atoms with van der Waals surface area (Å²) in [4.78, 5) is 11.9. The van der Waals surface area contributed by atoms with E-state index < -0.39 is 15.9 Å². The van der Waals surface area contributed by atoms with Crippen LogP contribution < -0.4 is 15.4 Å². The summed E-state index contributed by atoms with van der Waals surface area (Å²) in [5.74, 6) is -0.398. The van der Waals surface area contributed by atoms with Gasteiger partial charge in [-0.15, -0.1) is 12.4 Å². The van der Waals surface area contributed by atoms with Gasteiger partial charge in [-0.2, -0.15) is 0 Å². The van der Waals surface area contributed by atoms with Crippen LogP contribution in [0.3, 0.4) is 0 Å². The van der Waals surface area contributed by atoms with Gasteiger partial charge >= 0.3 is 0 Å². The van der Waals surface area contributed by atoms with E-state index in [4.69, 9.17) is 4.42 Å². The van der Waals surface area contributed by atoms with Gasteiger partial charge in [0.15, 0.2) is 5.76 Å². The van der Waals surface area contributed by atoms with Gasteiger partial charge in [0, 0.05) is 12.6 Å². The van der Waals surface area contributed by atoms with Gasteiger partial charge in [0.05, 0.1) is 0 Å². The highest BCUT2D eigenvalue weighted by Gasteiger charge is 2.22. The Morgan fingerprint density at radius 1 is 1.45 bits per heavy atom. The van der Waals surface area contributed by atoms with Gasteiger partial charge in [-0.05, 0) is 38.6 Å². The molecule has 1 aromatic heterocycles. The molecule has 0 radical (unpaired) electrons. The summed E-state index contributed by atoms with van der Waals surface area (Å²) in [7, 11) is -2.37. The van der Waals surface area contributed by atoms with Crippen LogP contribution in [0.2, 0.25) is 0 Å². The van der Waals surface area contributed by atoms with E-state index in [0.717, 1.165) is 19.4 Å². The number of furan rings is 1. The first-order valence-electron chi connectivity index (χ1n) is 6.08. The Morgan fingerprint density at radius 3 is 2.80 bits per heavy atom. The van der Waals surface area contributed by atoms with Crippen molar-refractivity contribution in [1.82, 2.24) is 15.4 Å². The quantitative estimate of drug-likeness (QED) is 0.729. The molecule has 0 aliphatic carbocycles. The molecule has 2 heterocycles. The molecule has 0 aromatic carbocycles. The lowest BCUT2D eigenvalue weighted by Crippen LogP contribution is -2.45. The van der Waals surface area contributed by atoms with Crippen LogP contribution in [0, 0.1) is 0 Å². The summed E-state index contributed by atoms with van der Waals surface area (Å²) < 4.78 is 30.1. The highest BCUT2D eigenvalue weighted by Crippen LogP contribution is 2.14. The van der Waals surface area contributed by atoms with E-state index >= 15 is 0 Å². The number of hydrogen-bond acceptors (Lipinski definition) is 5. The first kappa shape index (κ1) is 17.0. The second-order valence-electron chi connectivity index (χ2n) is 4.34. The first-order valence-corrected chi connectivity index (χ1v) is 7.56. The fourth-order valence-corrected chi connectivity index (χ4v) is 2.57. The third kappa shape index (κ3) is 3.95. The lowest BCUT2D eigenvalue weighted by Gasteiger charge is -2.23. The summed E-state index contributed by atoms with van der Waals surface area (Å²) in [5, 5.41) is 5.72. The molecule has 1 aliphatic rings. The fraction of sp³-hybridized carbons (Fsp3) is 0.545. The van der Waals surface area contributed by atoms with Crippen molar-refractivity contribution in [3.05, 3.63) is 17.9 Å². The lowest BCUT2D eigenvalue weighted by atomic mass is 10.1. The van der Waals surface area contributed by atoms with E-state index in [9.17, 15) is 13.2 Å². The summed E-state index contributed by atoms with van der Waals surface area (Å²) >= 11 is 0. The van der Waals surface area contributed by atoms with Crippen LogP contribution in [0.5, 0.6) is 0 Å². The smallest absolute Gasteiger partial charge is 0.287 e. The minimum Gasteiger partial charge on any atom is -0.438 e. The standard InChI is InChI=1S/C11H17N3O4S.ClH/c1-12-19(16,17)10-5-4-9(18-10)11(15)14-8-3-2-6-13-7-8;/h4-5,8,12-13H,2-3,6-7H2,1H3,(H,14,15);1H. The Hall–Kier alpha value is -1.09. The molecule has 1 amide bonds. The lowest BCUT2D eigenvalue weighted by molar-refractivity contribution is 0.0897. The molecule has 0 saturated carbocycles. The molecule has 1 saturated heterocycles. The van der Waals surface area contributed by atoms with Crippen LogP contribution in [-0.4, -0.2) is 40.5 Å². The van der Waals surface area contributed by atoms with Crippen LogP contribution in [0.4, 0.5) is 0 Å². The number of carbonyl (C=O) groups excluding carboxylic acids is 1. The number of hydrogen-bond donors (Lipinski definition) is 3. The van der Waals surface area contributed by atoms with E-state index in [1.165, 1.54) is 19.2 Å². The van der Waals surface area contributed by atoms with Crippen molar-refractivity contribution in [2.24, 2.45) is 0 Å². The molecule has 114 valence electrons. The second-order valence-corrected chi connectivity index (χ2v) is 6.16. The maximum Gasteiger partial charge on any atom is 0.287 e. The van der Waals surface area contributed by atoms with Crippen molar-refractivity contribution in [2.45, 2.75) is 24.0 Å². The number of piperidine rings is 1. The molecule has 1 unspecified atom stereocenters. The number of amides is 1. The average Bonchev–Trinajstić information content (AvgIpc) is 2.90. The molecular formula is C11H18ClN3O4S. The second kappa shape index (κ2) is 7.07. The summed E-state index contributed by atoms with van der Waals surface area (Å²) in [6.07, 6.45) is 1.91. The van der Waals surface area contributed by atoms with Gasteiger partial charge in [0.2, 0.25) is 5.09 Å². The van der Waals surface area contributed by atoms with Crippen LogP contribution >= 0.6 is 12.4 Å². The SMILES string of the molecule is CNS(=O)(=O)c1ccc(C(=O)NC2CCCNC2)o1.Cl. The van der Waals surface area contributed by atoms with Gasteiger partial charge in [-0.25, -0.2) is 13.1 Å². The summed E-state index contributed by atoms with van der Waals surface area (Å²) in [6, 6.07) is 2.67. The number of nitrogens with one attached hydrogen (secondary N) is 3. The average molecular weight is 324 g/mol. The Labute approximate surface area is 123 Å². The Balaban J connectivity index is 0.00000200. The minimum atomic E-state index is -3.65. The normalized spacial score (nSPS) is 19.1. The molecule has 7 nitrogen and oxygen atoms in total. The molecule has 1 atom stereocenters. The molecule has 2 rings (SSSR count). The fourth-order valence-electron chi connectivity index (χ4n) is 1.92. The highest BCUT2D eigenvalue weighted by molar-refractivity contribution is 7.89. The molecule has 0 spiro atoms. The Morgan fingerprint density at radius 2 is 2.20 bits per heavy atom. The Bertz CT molecular complexity index is 552. The van der Waals surface area contributed by atoms with Crippen molar-refractivity contribution in [3.63, 3.8) is 0 Å². The van der Waals surface area contributed by atoms with Crippen molar-refractivity contribution in [1.29, 1.82) is 0 Å². The van der Waals surface area contributed by atoms with Gasteiger partial charge in [0.1, 0.15) is 0 Å². The zero-order chi connectivity index (χ0) is 13.9. The molecule has 20 heavy (non-hydrogen) atoms. The Kier molecular flexibility index (Phi) is 6.00. The highest BCUT2D eigenvalue weighted by atomic mass is 35.5. The molecular weight excluding hydrogens is 306 g/mol. The van der Waals surface area contributed by atoms with E-state index in [1.54, 1.807) is 0 Å². The third-order valence-corrected chi connectivity index (χ3v) is 4.26. The zero-order valence-electron chi connectivity index (χ0n) is 11.0. The van der Waals surface area contributed by atoms with Crippen molar-refractivity contribution >= 4 is 28.3 Å². The van der Waals surface area contributed by atoms with Gasteiger partial charge < -0.3 is 15.1 Å². The molecule has 1 aliphatic heterocycles. The monoisotopic (exact) mass is 323 g/mol. The van der Waals surface area contributed by atoms with E-state index in [-0.39, 0.29) is 29.3 Å². The maximum atomic E-state index is 11.9. The number of rotatable bonds is 4. The van der Waals surface area contributed by atoms with Crippen LogP contribution in [-0.2, 0) is 10.0 Å². The summed E-state index contributed by atoms with van der Waals surface area (Å²) in [6.45, 7) is 1.67. The molecule has 3 N–H and O–H groups in total. The molecule has 1 aromatic rings. The van der Waals surface area contributed by atoms with Crippen LogP contribution in [0.1, 0.15) is 23.4 Å². The number of sulfonamides is 1. The van der Waals surface area contributed by atoms with Gasteiger partial charge in [-0.1, -0.05) is 0 Å². The summed E-state index contributed by atoms with van der Waals surface area (Å²) in [5.41, 5.74) is 0. The topological polar surface area (TPSA) is 100 Å². The molecule has 0 bridgehead atoms. The van der Waals surface area contributed by atoms with Gasteiger partial charge in [-0.3, -0.25) is 4.79 Å². The van der Waals surface area contributed by atoms with E-state index in [2.05, 4.69) is 15.4 Å². The molecule has 9 heteroatoms. The van der Waals surface area contributed by atoms with Crippen LogP contribution in [0.25, 0.3) is 0 Å². The van der Waals surface area contributed by atoms with Crippen molar-refractivity contribution in [3.8, 4) is 0 Å². The van der Waals surface area contributed by atoms with Crippen LogP contribution in [0.15, 0.2) is 21.6 Å². The maximum absolute atomic E-state index is 11.9. The number of halogens is 1. The largest absolute Gasteiger partial charge is 0.438 e. The third-order valence-electron chi connectivity index (χ3n) is 2.97. The van der Waals surface area contributed by atoms with E-state index in [0.29, 0.717) is 6.54 Å². The molecule has 1 fully saturated rings.